The molecule has 0 fully saturated rings. The minimum Gasteiger partial charge on any atom is -0.456 e. The molecule has 0 aliphatic carbocycles. The summed E-state index contributed by atoms with van der Waals surface area (Å²) < 4.78 is 14.0. The smallest absolute Gasteiger partial charge is 0.136 e. The fourth-order valence-electron chi connectivity index (χ4n) is 7.59. The van der Waals surface area contributed by atoms with Crippen LogP contribution in [0.4, 0.5) is 0 Å². The van der Waals surface area contributed by atoms with Crippen molar-refractivity contribution in [2.45, 2.75) is 0 Å². The number of nitrogens with zero attached hydrogens (tertiary/aromatic N) is 1. The Morgan fingerprint density at radius 2 is 1.07 bits per heavy atom. The lowest BCUT2D eigenvalue weighted by atomic mass is 9.98. The number of thiophene rings is 2. The van der Waals surface area contributed by atoms with E-state index in [1.165, 1.54) is 84.4 Å². The Bertz CT molecular complexity index is 2990. The minimum absolute atomic E-state index is 0.930. The molecule has 11 aromatic rings. The van der Waals surface area contributed by atoms with Gasteiger partial charge >= 0.3 is 0 Å². The molecule has 0 atom stereocenters. The summed E-state index contributed by atoms with van der Waals surface area (Å²) in [6.45, 7) is 0. The third-order valence-electron chi connectivity index (χ3n) is 9.60. The van der Waals surface area contributed by atoms with Gasteiger partial charge in [-0.05, 0) is 65.7 Å². The van der Waals surface area contributed by atoms with Crippen molar-refractivity contribution in [3.8, 4) is 16.8 Å². The van der Waals surface area contributed by atoms with Crippen molar-refractivity contribution in [2.24, 2.45) is 0 Å². The van der Waals surface area contributed by atoms with E-state index in [0.29, 0.717) is 0 Å². The van der Waals surface area contributed by atoms with Crippen molar-refractivity contribution in [3.63, 3.8) is 0 Å². The summed E-state index contributed by atoms with van der Waals surface area (Å²) >= 11 is 3.79. The third-order valence-corrected chi connectivity index (χ3v) is 11.9. The van der Waals surface area contributed by atoms with Gasteiger partial charge in [-0.3, -0.25) is 0 Å². The average molecular weight is 622 g/mol. The first kappa shape index (κ1) is 24.8. The molecule has 0 bridgehead atoms. The summed E-state index contributed by atoms with van der Waals surface area (Å²) in [5.41, 5.74) is 8.02. The molecule has 0 aliphatic heterocycles. The Hall–Kier alpha value is -5.42. The van der Waals surface area contributed by atoms with Crippen LogP contribution in [0.5, 0.6) is 0 Å². The zero-order chi connectivity index (χ0) is 29.9. The van der Waals surface area contributed by atoms with Gasteiger partial charge in [0.1, 0.15) is 11.2 Å². The first-order valence-corrected chi connectivity index (χ1v) is 17.1. The van der Waals surface area contributed by atoms with Crippen LogP contribution in [0.3, 0.4) is 0 Å². The Balaban J connectivity index is 1.15. The third kappa shape index (κ3) is 3.30. The van der Waals surface area contributed by atoms with Crippen molar-refractivity contribution in [3.05, 3.63) is 140 Å². The van der Waals surface area contributed by atoms with Crippen LogP contribution in [0.2, 0.25) is 0 Å². The molecule has 0 amide bonds. The lowest BCUT2D eigenvalue weighted by Gasteiger charge is -2.09. The average Bonchev–Trinajstić information content (AvgIpc) is 3.85. The summed E-state index contributed by atoms with van der Waals surface area (Å²) in [6.07, 6.45) is 0. The maximum absolute atomic E-state index is 6.22. The van der Waals surface area contributed by atoms with Gasteiger partial charge in [-0.15, -0.1) is 22.7 Å². The summed E-state index contributed by atoms with van der Waals surface area (Å²) in [7, 11) is 0. The van der Waals surface area contributed by atoms with Gasteiger partial charge in [0.05, 0.1) is 21.4 Å². The highest BCUT2D eigenvalue weighted by molar-refractivity contribution is 7.27. The maximum atomic E-state index is 6.22. The minimum atomic E-state index is 0.930. The van der Waals surface area contributed by atoms with Gasteiger partial charge < -0.3 is 8.98 Å². The van der Waals surface area contributed by atoms with Crippen LogP contribution in [0.1, 0.15) is 0 Å². The van der Waals surface area contributed by atoms with E-state index in [1.54, 1.807) is 0 Å². The molecule has 214 valence electrons. The number of hydrogen-bond donors (Lipinski definition) is 0. The second kappa shape index (κ2) is 9.07. The molecule has 0 radical (unpaired) electrons. The van der Waals surface area contributed by atoms with Crippen molar-refractivity contribution >= 4 is 107 Å². The number of aromatic nitrogens is 1. The maximum Gasteiger partial charge on any atom is 0.136 e. The fraction of sp³-hybridized carbons (Fsp3) is 0. The Labute approximate surface area is 270 Å². The van der Waals surface area contributed by atoms with Gasteiger partial charge in [-0.2, -0.15) is 0 Å². The molecule has 4 heterocycles. The van der Waals surface area contributed by atoms with Gasteiger partial charge in [-0.1, -0.05) is 84.9 Å². The SMILES string of the molecule is c1ccc2c(c1)oc1cccc(-c3ccc4sc5cc6c(cc5c4c3)sc3c(-n4c5ccccc5c5ccccc54)cccc36)c12. The lowest BCUT2D eigenvalue weighted by molar-refractivity contribution is 0.669. The molecule has 4 aromatic heterocycles. The molecule has 7 aromatic carbocycles. The monoisotopic (exact) mass is 621 g/mol. The molecule has 11 rings (SSSR count). The standard InChI is InChI=1S/C42H23NOS2/c1-4-14-33-26(9-1)27-10-2-5-15-34(27)43(33)35-16-7-13-28-31-22-39-32(23-40(31)46-42(28)35)30-21-24(19-20-38(30)45-39)25-12-8-18-37-41(25)29-11-3-6-17-36(29)44-37/h1-23H. The van der Waals surface area contributed by atoms with Crippen LogP contribution in [0.15, 0.2) is 144 Å². The molecule has 2 nitrogen and oxygen atoms in total. The summed E-state index contributed by atoms with van der Waals surface area (Å²) in [5, 5.41) is 10.2. The number of hydrogen-bond acceptors (Lipinski definition) is 3. The zero-order valence-corrected chi connectivity index (χ0v) is 26.1. The Morgan fingerprint density at radius 3 is 1.89 bits per heavy atom. The van der Waals surface area contributed by atoms with Crippen LogP contribution >= 0.6 is 22.7 Å². The predicted molar refractivity (Wildman–Crippen MR) is 199 cm³/mol. The second-order valence-electron chi connectivity index (χ2n) is 12.1. The summed E-state index contributed by atoms with van der Waals surface area (Å²) in [5.74, 6) is 0. The largest absolute Gasteiger partial charge is 0.456 e. The molecule has 0 aliphatic rings. The molecule has 0 saturated heterocycles. The molecule has 4 heteroatoms. The first-order chi connectivity index (χ1) is 22.8. The van der Waals surface area contributed by atoms with E-state index in [9.17, 15) is 0 Å². The van der Waals surface area contributed by atoms with Crippen molar-refractivity contribution < 1.29 is 4.42 Å². The number of para-hydroxylation sites is 3. The molecular formula is C42H23NOS2. The van der Waals surface area contributed by atoms with Crippen LogP contribution in [0, 0.1) is 0 Å². The number of fused-ring (bicyclic) bond motifs is 12. The van der Waals surface area contributed by atoms with Gasteiger partial charge in [0.15, 0.2) is 0 Å². The lowest BCUT2D eigenvalue weighted by Crippen LogP contribution is -1.93. The zero-order valence-electron chi connectivity index (χ0n) is 24.5. The van der Waals surface area contributed by atoms with Gasteiger partial charge in [0, 0.05) is 57.2 Å². The van der Waals surface area contributed by atoms with Gasteiger partial charge in [0.25, 0.3) is 0 Å². The molecule has 0 spiro atoms. The predicted octanol–water partition coefficient (Wildman–Crippen LogP) is 13.1. The Kier molecular flexibility index (Phi) is 4.90. The fourth-order valence-corrected chi connectivity index (χ4v) is 9.93. The van der Waals surface area contributed by atoms with E-state index in [0.717, 1.165) is 16.6 Å². The van der Waals surface area contributed by atoms with Crippen LogP contribution in [0.25, 0.3) is 101 Å². The van der Waals surface area contributed by atoms with Crippen LogP contribution in [-0.2, 0) is 0 Å². The summed E-state index contributed by atoms with van der Waals surface area (Å²) in [4.78, 5) is 0. The first-order valence-electron chi connectivity index (χ1n) is 15.5. The van der Waals surface area contributed by atoms with E-state index in [2.05, 4.69) is 138 Å². The van der Waals surface area contributed by atoms with E-state index in [4.69, 9.17) is 4.42 Å². The second-order valence-corrected chi connectivity index (χ2v) is 14.2. The molecule has 46 heavy (non-hydrogen) atoms. The highest BCUT2D eigenvalue weighted by Gasteiger charge is 2.18. The van der Waals surface area contributed by atoms with E-state index >= 15 is 0 Å². The van der Waals surface area contributed by atoms with Gasteiger partial charge in [0.2, 0.25) is 0 Å². The number of rotatable bonds is 2. The van der Waals surface area contributed by atoms with Crippen molar-refractivity contribution in [2.75, 3.05) is 0 Å². The quantitative estimate of drug-likeness (QED) is 0.188. The van der Waals surface area contributed by atoms with E-state index < -0.39 is 0 Å². The number of benzene rings is 7. The normalized spacial score (nSPS) is 12.3. The topological polar surface area (TPSA) is 18.1 Å². The van der Waals surface area contributed by atoms with E-state index in [1.807, 2.05) is 28.7 Å². The Morgan fingerprint density at radius 1 is 0.435 bits per heavy atom. The van der Waals surface area contributed by atoms with Crippen molar-refractivity contribution in [1.82, 2.24) is 4.57 Å². The molecular weight excluding hydrogens is 599 g/mol. The highest BCUT2D eigenvalue weighted by Crippen LogP contribution is 2.46. The van der Waals surface area contributed by atoms with Gasteiger partial charge in [-0.25, -0.2) is 0 Å². The van der Waals surface area contributed by atoms with Crippen LogP contribution < -0.4 is 0 Å². The molecule has 0 saturated carbocycles. The number of furan rings is 1. The molecule has 0 N–H and O–H groups in total. The van der Waals surface area contributed by atoms with Crippen LogP contribution in [-0.4, -0.2) is 4.57 Å². The van der Waals surface area contributed by atoms with Crippen molar-refractivity contribution in [1.29, 1.82) is 0 Å². The van der Waals surface area contributed by atoms with E-state index in [-0.39, 0.29) is 0 Å². The highest BCUT2D eigenvalue weighted by atomic mass is 32.1. The summed E-state index contributed by atoms with van der Waals surface area (Å²) in [6, 6.07) is 50.9. The molecule has 0 unspecified atom stereocenters.